The van der Waals surface area contributed by atoms with Gasteiger partial charge in [0.15, 0.2) is 0 Å². The second kappa shape index (κ2) is 12.0. The zero-order valence-corrected chi connectivity index (χ0v) is 15.8. The predicted octanol–water partition coefficient (Wildman–Crippen LogP) is 3.06. The van der Waals surface area contributed by atoms with Gasteiger partial charge in [0, 0.05) is 32.7 Å². The second-order valence-electron chi connectivity index (χ2n) is 4.62. The summed E-state index contributed by atoms with van der Waals surface area (Å²) in [5.74, 6) is -0.279. The monoisotopic (exact) mass is 336 g/mol. The van der Waals surface area contributed by atoms with E-state index in [0.717, 1.165) is 0 Å². The van der Waals surface area contributed by atoms with Crippen molar-refractivity contribution < 1.29 is 27.5 Å². The number of ether oxygens (including phenoxy) is 2. The Kier molecular flexibility index (Phi) is 11.8. The Morgan fingerprint density at radius 3 is 1.68 bits per heavy atom. The van der Waals surface area contributed by atoms with Gasteiger partial charge in [-0.2, -0.15) is 0 Å². The Bertz CT molecular complexity index is 283. The normalized spacial score (nSPS) is 14.6. The Morgan fingerprint density at radius 2 is 1.36 bits per heavy atom. The van der Waals surface area contributed by atoms with Crippen LogP contribution in [0.2, 0.25) is 0 Å². The third-order valence-corrected chi connectivity index (χ3v) is 6.41. The van der Waals surface area contributed by atoms with E-state index in [9.17, 15) is 4.79 Å². The van der Waals surface area contributed by atoms with Crippen molar-refractivity contribution >= 4 is 14.8 Å². The van der Waals surface area contributed by atoms with Crippen LogP contribution in [-0.4, -0.2) is 46.6 Å². The molecule has 132 valence electrons. The first-order valence-electron chi connectivity index (χ1n) is 8.30. The first-order valence-corrected chi connectivity index (χ1v) is 10.1. The number of carbonyl (C=O) groups is 1. The summed E-state index contributed by atoms with van der Waals surface area (Å²) in [6, 6.07) is 0. The molecule has 0 spiro atoms. The molecule has 6 nitrogen and oxygen atoms in total. The summed E-state index contributed by atoms with van der Waals surface area (Å²) >= 11 is 0. The fourth-order valence-corrected chi connectivity index (χ4v) is 4.89. The molecule has 0 aliphatic carbocycles. The number of esters is 1. The Morgan fingerprint density at radius 1 is 0.864 bits per heavy atom. The zero-order chi connectivity index (χ0) is 17.0. The molecule has 2 unspecified atom stereocenters. The third kappa shape index (κ3) is 6.74. The SMILES string of the molecule is CCO[Si](OCC)(OCC)C(CC)OC(CC)OC(=O)CC. The van der Waals surface area contributed by atoms with Crippen molar-refractivity contribution in [1.82, 2.24) is 0 Å². The minimum absolute atomic E-state index is 0.279. The van der Waals surface area contributed by atoms with E-state index in [1.54, 1.807) is 6.92 Å². The maximum atomic E-state index is 11.5. The van der Waals surface area contributed by atoms with Crippen molar-refractivity contribution in [3.05, 3.63) is 0 Å². The molecule has 0 rings (SSSR count). The summed E-state index contributed by atoms with van der Waals surface area (Å²) in [5, 5.41) is 0. The van der Waals surface area contributed by atoms with E-state index < -0.39 is 15.1 Å². The molecular weight excluding hydrogens is 304 g/mol. The molecule has 0 saturated heterocycles. The predicted molar refractivity (Wildman–Crippen MR) is 86.3 cm³/mol. The number of hydrogen-bond acceptors (Lipinski definition) is 6. The molecule has 0 heterocycles. The van der Waals surface area contributed by atoms with Crippen LogP contribution in [-0.2, 0) is 27.5 Å². The van der Waals surface area contributed by atoms with Gasteiger partial charge in [-0.05, 0) is 27.2 Å². The fraction of sp³-hybridized carbons (Fsp3) is 0.933. The van der Waals surface area contributed by atoms with E-state index in [4.69, 9.17) is 22.8 Å². The Hall–Kier alpha value is -0.473. The summed E-state index contributed by atoms with van der Waals surface area (Å²) < 4.78 is 28.9. The van der Waals surface area contributed by atoms with Crippen LogP contribution in [0.4, 0.5) is 0 Å². The zero-order valence-electron chi connectivity index (χ0n) is 14.8. The second-order valence-corrected chi connectivity index (χ2v) is 7.33. The molecule has 7 heteroatoms. The maximum absolute atomic E-state index is 11.5. The molecule has 0 aromatic rings. The molecule has 0 aliphatic heterocycles. The fourth-order valence-electron chi connectivity index (χ4n) is 2.06. The van der Waals surface area contributed by atoms with Gasteiger partial charge in [-0.25, -0.2) is 0 Å². The van der Waals surface area contributed by atoms with Crippen molar-refractivity contribution in [3.63, 3.8) is 0 Å². The van der Waals surface area contributed by atoms with Gasteiger partial charge in [0.1, 0.15) is 5.73 Å². The van der Waals surface area contributed by atoms with Crippen LogP contribution in [0.5, 0.6) is 0 Å². The summed E-state index contributed by atoms with van der Waals surface area (Å²) in [7, 11) is -2.98. The lowest BCUT2D eigenvalue weighted by molar-refractivity contribution is -0.189. The molecule has 0 aliphatic rings. The number of rotatable bonds is 13. The smallest absolute Gasteiger partial charge is 0.436 e. The minimum atomic E-state index is -2.98. The number of hydrogen-bond donors (Lipinski definition) is 0. The van der Waals surface area contributed by atoms with Gasteiger partial charge in [-0.1, -0.05) is 20.8 Å². The van der Waals surface area contributed by atoms with Crippen LogP contribution >= 0.6 is 0 Å². The van der Waals surface area contributed by atoms with E-state index in [2.05, 4.69) is 0 Å². The van der Waals surface area contributed by atoms with Crippen LogP contribution < -0.4 is 0 Å². The molecule has 0 N–H and O–H groups in total. The highest BCUT2D eigenvalue weighted by Gasteiger charge is 2.50. The first-order chi connectivity index (χ1) is 10.5. The van der Waals surface area contributed by atoms with E-state index in [1.165, 1.54) is 0 Å². The molecule has 0 amide bonds. The lowest BCUT2D eigenvalue weighted by Gasteiger charge is -2.36. The largest absolute Gasteiger partial charge is 0.531 e. The summed E-state index contributed by atoms with van der Waals surface area (Å²) in [5.41, 5.74) is -0.359. The van der Waals surface area contributed by atoms with Crippen molar-refractivity contribution in [1.29, 1.82) is 0 Å². The molecule has 0 aromatic carbocycles. The van der Waals surface area contributed by atoms with Crippen molar-refractivity contribution in [2.24, 2.45) is 0 Å². The van der Waals surface area contributed by atoms with Crippen LogP contribution in [0.15, 0.2) is 0 Å². The molecule has 0 radical (unpaired) electrons. The maximum Gasteiger partial charge on any atom is 0.531 e. The van der Waals surface area contributed by atoms with Crippen LogP contribution in [0.1, 0.15) is 60.8 Å². The molecule has 0 saturated carbocycles. The van der Waals surface area contributed by atoms with Gasteiger partial charge in [0.05, 0.1) is 0 Å². The lowest BCUT2D eigenvalue weighted by atomic mass is 10.4. The quantitative estimate of drug-likeness (QED) is 0.293. The van der Waals surface area contributed by atoms with E-state index in [-0.39, 0.29) is 11.7 Å². The molecule has 22 heavy (non-hydrogen) atoms. The van der Waals surface area contributed by atoms with Crippen LogP contribution in [0.25, 0.3) is 0 Å². The van der Waals surface area contributed by atoms with Crippen LogP contribution in [0.3, 0.4) is 0 Å². The average molecular weight is 337 g/mol. The van der Waals surface area contributed by atoms with Gasteiger partial charge in [-0.15, -0.1) is 0 Å². The standard InChI is InChI=1S/C15H32O6Si/c1-7-13(16)20-14(8-2)21-15(9-3)22(17-10-4,18-11-5)19-12-6/h14-15H,7-12H2,1-6H3. The average Bonchev–Trinajstić information content (AvgIpc) is 2.51. The van der Waals surface area contributed by atoms with Gasteiger partial charge < -0.3 is 22.8 Å². The van der Waals surface area contributed by atoms with E-state index in [0.29, 0.717) is 39.1 Å². The summed E-state index contributed by atoms with van der Waals surface area (Å²) in [6.07, 6.45) is 0.941. The van der Waals surface area contributed by atoms with E-state index in [1.807, 2.05) is 34.6 Å². The molecule has 0 bridgehead atoms. The highest BCUT2D eigenvalue weighted by atomic mass is 28.4. The third-order valence-electron chi connectivity index (χ3n) is 3.00. The van der Waals surface area contributed by atoms with Crippen LogP contribution in [0, 0.1) is 0 Å². The van der Waals surface area contributed by atoms with Gasteiger partial charge in [-0.3, -0.25) is 4.79 Å². The molecule has 0 fully saturated rings. The van der Waals surface area contributed by atoms with E-state index >= 15 is 0 Å². The van der Waals surface area contributed by atoms with Crippen molar-refractivity contribution in [3.8, 4) is 0 Å². The Balaban J connectivity index is 5.12. The minimum Gasteiger partial charge on any atom is -0.436 e. The lowest BCUT2D eigenvalue weighted by Crippen LogP contribution is -2.58. The topological polar surface area (TPSA) is 63.2 Å². The highest BCUT2D eigenvalue weighted by Crippen LogP contribution is 2.23. The summed E-state index contributed by atoms with van der Waals surface area (Å²) in [6.45, 7) is 12.8. The van der Waals surface area contributed by atoms with Crippen molar-refractivity contribution in [2.45, 2.75) is 72.8 Å². The van der Waals surface area contributed by atoms with Crippen molar-refractivity contribution in [2.75, 3.05) is 19.8 Å². The molecule has 0 aromatic heterocycles. The van der Waals surface area contributed by atoms with Gasteiger partial charge in [0.2, 0.25) is 6.29 Å². The molecule has 2 atom stereocenters. The van der Waals surface area contributed by atoms with Gasteiger partial charge >= 0.3 is 14.8 Å². The summed E-state index contributed by atoms with van der Waals surface area (Å²) in [4.78, 5) is 11.5. The highest BCUT2D eigenvalue weighted by molar-refractivity contribution is 6.62. The molecular formula is C15H32O6Si. The first kappa shape index (κ1) is 21.5. The van der Waals surface area contributed by atoms with Gasteiger partial charge in [0.25, 0.3) is 0 Å². The Labute approximate surface area is 135 Å². The number of carbonyl (C=O) groups excluding carboxylic acids is 1.